The molecule has 0 radical (unpaired) electrons. The maximum Gasteiger partial charge on any atom is 0.308 e. The van der Waals surface area contributed by atoms with Gasteiger partial charge in [-0.15, -0.1) is 0 Å². The summed E-state index contributed by atoms with van der Waals surface area (Å²) >= 11 is 3.26. The summed E-state index contributed by atoms with van der Waals surface area (Å²) in [5.41, 5.74) is 0.835. The Morgan fingerprint density at radius 2 is 2.25 bits per heavy atom. The van der Waals surface area contributed by atoms with Crippen LogP contribution in [0.5, 0.6) is 0 Å². The van der Waals surface area contributed by atoms with E-state index in [1.54, 1.807) is 6.07 Å². The number of carboxylic acids is 1. The van der Waals surface area contributed by atoms with E-state index < -0.39 is 10.9 Å². The van der Waals surface area contributed by atoms with E-state index in [9.17, 15) is 14.9 Å². The summed E-state index contributed by atoms with van der Waals surface area (Å²) < 4.78 is 0.469. The molecule has 1 fully saturated rings. The molecular formula is C13H15BrN2O4. The van der Waals surface area contributed by atoms with Crippen LogP contribution in [0, 0.1) is 22.0 Å². The summed E-state index contributed by atoms with van der Waals surface area (Å²) in [6.45, 7) is 3.59. The molecule has 0 amide bonds. The van der Waals surface area contributed by atoms with Crippen LogP contribution in [0.25, 0.3) is 0 Å². The lowest BCUT2D eigenvalue weighted by atomic mass is 9.99. The molecule has 2 unspecified atom stereocenters. The number of aliphatic carboxylic acids is 1. The number of carbonyl (C=O) groups is 1. The van der Waals surface area contributed by atoms with Crippen molar-refractivity contribution in [1.29, 1.82) is 0 Å². The van der Waals surface area contributed by atoms with Crippen molar-refractivity contribution in [2.24, 2.45) is 11.8 Å². The molecule has 6 nitrogen and oxygen atoms in total. The Balaban J connectivity index is 2.14. The summed E-state index contributed by atoms with van der Waals surface area (Å²) in [6, 6.07) is 4.91. The zero-order valence-electron chi connectivity index (χ0n) is 11.0. The van der Waals surface area contributed by atoms with Gasteiger partial charge in [-0.25, -0.2) is 0 Å². The van der Waals surface area contributed by atoms with Crippen molar-refractivity contribution in [2.45, 2.75) is 13.5 Å². The molecule has 108 valence electrons. The highest BCUT2D eigenvalue weighted by Gasteiger charge is 2.34. The van der Waals surface area contributed by atoms with Crippen molar-refractivity contribution < 1.29 is 14.8 Å². The maximum absolute atomic E-state index is 11.1. The zero-order valence-corrected chi connectivity index (χ0v) is 12.5. The third-order valence-electron chi connectivity index (χ3n) is 3.65. The van der Waals surface area contributed by atoms with Gasteiger partial charge in [0.1, 0.15) is 0 Å². The normalized spacial score (nSPS) is 22.9. The van der Waals surface area contributed by atoms with Gasteiger partial charge in [-0.3, -0.25) is 19.8 Å². The lowest BCUT2D eigenvalue weighted by Crippen LogP contribution is -2.23. The number of benzene rings is 1. The van der Waals surface area contributed by atoms with E-state index in [0.717, 1.165) is 5.56 Å². The molecule has 0 saturated carbocycles. The van der Waals surface area contributed by atoms with Gasteiger partial charge in [-0.1, -0.05) is 19.1 Å². The average molecular weight is 343 g/mol. The number of hydrogen-bond acceptors (Lipinski definition) is 4. The number of halogens is 1. The Hall–Kier alpha value is -1.47. The molecule has 1 aromatic carbocycles. The summed E-state index contributed by atoms with van der Waals surface area (Å²) in [6.07, 6.45) is 0. The highest BCUT2D eigenvalue weighted by atomic mass is 79.9. The minimum atomic E-state index is -0.780. The van der Waals surface area contributed by atoms with Gasteiger partial charge in [0, 0.05) is 25.7 Å². The molecule has 1 aliphatic rings. The predicted octanol–water partition coefficient (Wildman–Crippen LogP) is 2.51. The zero-order chi connectivity index (χ0) is 14.9. The van der Waals surface area contributed by atoms with Gasteiger partial charge in [0.15, 0.2) is 0 Å². The van der Waals surface area contributed by atoms with E-state index in [0.29, 0.717) is 24.1 Å². The Bertz CT molecular complexity index is 549. The van der Waals surface area contributed by atoms with Crippen LogP contribution in [-0.4, -0.2) is 34.0 Å². The van der Waals surface area contributed by atoms with Crippen LogP contribution in [0.2, 0.25) is 0 Å². The number of carboxylic acid groups (broad SMARTS) is 1. The fourth-order valence-electron chi connectivity index (χ4n) is 2.59. The lowest BCUT2D eigenvalue weighted by Gasteiger charge is -2.16. The molecule has 1 N–H and O–H groups in total. The van der Waals surface area contributed by atoms with Gasteiger partial charge < -0.3 is 5.11 Å². The maximum atomic E-state index is 11.1. The molecule has 20 heavy (non-hydrogen) atoms. The van der Waals surface area contributed by atoms with Crippen molar-refractivity contribution in [3.05, 3.63) is 38.3 Å². The van der Waals surface area contributed by atoms with E-state index >= 15 is 0 Å². The molecule has 1 aromatic rings. The summed E-state index contributed by atoms with van der Waals surface area (Å²) in [5.74, 6) is -1.06. The molecule has 7 heteroatoms. The van der Waals surface area contributed by atoms with Crippen molar-refractivity contribution in [2.75, 3.05) is 13.1 Å². The van der Waals surface area contributed by atoms with Gasteiger partial charge in [0.25, 0.3) is 5.69 Å². The quantitative estimate of drug-likeness (QED) is 0.671. The Morgan fingerprint density at radius 3 is 2.80 bits per heavy atom. The highest BCUT2D eigenvalue weighted by molar-refractivity contribution is 9.10. The average Bonchev–Trinajstić information content (AvgIpc) is 2.72. The van der Waals surface area contributed by atoms with Gasteiger partial charge in [0.2, 0.25) is 0 Å². The predicted molar refractivity (Wildman–Crippen MR) is 76.4 cm³/mol. The van der Waals surface area contributed by atoms with E-state index in [2.05, 4.69) is 15.9 Å². The van der Waals surface area contributed by atoms with Crippen molar-refractivity contribution in [3.8, 4) is 0 Å². The van der Waals surface area contributed by atoms with E-state index in [1.807, 2.05) is 17.9 Å². The number of likely N-dealkylation sites (tertiary alicyclic amines) is 1. The molecular weight excluding hydrogens is 328 g/mol. The van der Waals surface area contributed by atoms with Crippen LogP contribution in [0.15, 0.2) is 22.7 Å². The van der Waals surface area contributed by atoms with Crippen LogP contribution < -0.4 is 0 Å². The minimum absolute atomic E-state index is 0.0320. The number of nitro groups is 1. The molecule has 0 spiro atoms. The van der Waals surface area contributed by atoms with Crippen LogP contribution in [0.1, 0.15) is 12.5 Å². The highest BCUT2D eigenvalue weighted by Crippen LogP contribution is 2.31. The first kappa shape index (κ1) is 14.9. The first-order valence-electron chi connectivity index (χ1n) is 6.27. The van der Waals surface area contributed by atoms with E-state index in [1.165, 1.54) is 6.07 Å². The number of nitro benzene ring substituents is 1. The first-order valence-corrected chi connectivity index (χ1v) is 7.06. The first-order chi connectivity index (χ1) is 9.40. The van der Waals surface area contributed by atoms with Gasteiger partial charge in [-0.2, -0.15) is 0 Å². The second-order valence-electron chi connectivity index (χ2n) is 5.12. The van der Waals surface area contributed by atoms with Crippen LogP contribution in [-0.2, 0) is 11.3 Å². The number of nitrogens with zero attached hydrogens (tertiary/aromatic N) is 2. The molecule has 0 aliphatic carbocycles. The smallest absolute Gasteiger partial charge is 0.308 e. The van der Waals surface area contributed by atoms with E-state index in [4.69, 9.17) is 5.11 Å². The van der Waals surface area contributed by atoms with Crippen molar-refractivity contribution in [1.82, 2.24) is 4.90 Å². The van der Waals surface area contributed by atoms with Crippen LogP contribution >= 0.6 is 15.9 Å². The van der Waals surface area contributed by atoms with Gasteiger partial charge >= 0.3 is 5.97 Å². The minimum Gasteiger partial charge on any atom is -0.481 e. The SMILES string of the molecule is CC1CN(Cc2cccc([N+](=O)[O-])c2Br)CC1C(=O)O. The van der Waals surface area contributed by atoms with Crippen LogP contribution in [0.4, 0.5) is 5.69 Å². The third-order valence-corrected chi connectivity index (χ3v) is 4.57. The molecule has 2 atom stereocenters. The molecule has 1 saturated heterocycles. The number of hydrogen-bond donors (Lipinski definition) is 1. The fraction of sp³-hybridized carbons (Fsp3) is 0.462. The number of rotatable bonds is 4. The monoisotopic (exact) mass is 342 g/mol. The Kier molecular flexibility index (Phi) is 4.39. The molecule has 2 rings (SSSR count). The topological polar surface area (TPSA) is 83.7 Å². The summed E-state index contributed by atoms with van der Waals surface area (Å²) in [4.78, 5) is 23.6. The summed E-state index contributed by atoms with van der Waals surface area (Å²) in [5, 5.41) is 20.0. The fourth-order valence-corrected chi connectivity index (χ4v) is 3.12. The van der Waals surface area contributed by atoms with E-state index in [-0.39, 0.29) is 17.5 Å². The second-order valence-corrected chi connectivity index (χ2v) is 5.92. The van der Waals surface area contributed by atoms with Crippen molar-refractivity contribution in [3.63, 3.8) is 0 Å². The molecule has 1 aliphatic heterocycles. The van der Waals surface area contributed by atoms with Crippen molar-refractivity contribution >= 4 is 27.6 Å². The summed E-state index contributed by atoms with van der Waals surface area (Å²) in [7, 11) is 0. The van der Waals surface area contributed by atoms with Gasteiger partial charge in [0.05, 0.1) is 15.3 Å². The third kappa shape index (κ3) is 2.99. The van der Waals surface area contributed by atoms with Gasteiger partial charge in [-0.05, 0) is 27.4 Å². The van der Waals surface area contributed by atoms with Crippen LogP contribution in [0.3, 0.4) is 0 Å². The Labute approximate surface area is 124 Å². The lowest BCUT2D eigenvalue weighted by molar-refractivity contribution is -0.385. The molecule has 1 heterocycles. The largest absolute Gasteiger partial charge is 0.481 e. The standard InChI is InChI=1S/C13H15BrN2O4/c1-8-5-15(7-10(8)13(17)18)6-9-3-2-4-11(12(9)14)16(19)20/h2-4,8,10H,5-7H2,1H3,(H,17,18). The molecule has 0 aromatic heterocycles. The second kappa shape index (κ2) is 5.88. The Morgan fingerprint density at radius 1 is 1.55 bits per heavy atom. The molecule has 0 bridgehead atoms.